The SMILES string of the molecule is CC(N)CCCC(C)C(=O)N1c2ccccc2CC1C. The zero-order valence-electron chi connectivity index (χ0n) is 12.8. The Morgan fingerprint density at radius 1 is 1.35 bits per heavy atom. The maximum Gasteiger partial charge on any atom is 0.230 e. The molecule has 110 valence electrons. The van der Waals surface area contributed by atoms with Gasteiger partial charge < -0.3 is 10.6 Å². The molecule has 1 amide bonds. The number of carbonyl (C=O) groups excluding carboxylic acids is 1. The van der Waals surface area contributed by atoms with Crippen molar-refractivity contribution in [1.82, 2.24) is 0 Å². The molecule has 20 heavy (non-hydrogen) atoms. The maximum atomic E-state index is 12.7. The van der Waals surface area contributed by atoms with Crippen molar-refractivity contribution in [2.45, 2.75) is 58.5 Å². The van der Waals surface area contributed by atoms with E-state index in [1.165, 1.54) is 5.56 Å². The number of nitrogens with zero attached hydrogens (tertiary/aromatic N) is 1. The smallest absolute Gasteiger partial charge is 0.230 e. The third-order valence-electron chi connectivity index (χ3n) is 4.16. The summed E-state index contributed by atoms with van der Waals surface area (Å²) >= 11 is 0. The standard InChI is InChI=1S/C17H26N2O/c1-12(7-6-8-13(2)18)17(20)19-14(3)11-15-9-4-5-10-16(15)19/h4-5,9-10,12-14H,6-8,11,18H2,1-3H3. The minimum Gasteiger partial charge on any atom is -0.328 e. The number of para-hydroxylation sites is 1. The zero-order chi connectivity index (χ0) is 14.7. The molecule has 1 aliphatic rings. The molecule has 1 heterocycles. The van der Waals surface area contributed by atoms with Crippen molar-refractivity contribution >= 4 is 11.6 Å². The van der Waals surface area contributed by atoms with Gasteiger partial charge in [-0.05, 0) is 44.7 Å². The molecule has 3 heteroatoms. The molecule has 0 saturated carbocycles. The number of carbonyl (C=O) groups is 1. The van der Waals surface area contributed by atoms with Crippen molar-refractivity contribution in [2.75, 3.05) is 4.90 Å². The van der Waals surface area contributed by atoms with Crippen molar-refractivity contribution in [1.29, 1.82) is 0 Å². The fourth-order valence-electron chi connectivity index (χ4n) is 3.01. The molecule has 0 bridgehead atoms. The number of rotatable bonds is 5. The molecule has 0 radical (unpaired) electrons. The van der Waals surface area contributed by atoms with Crippen LogP contribution >= 0.6 is 0 Å². The van der Waals surface area contributed by atoms with E-state index in [1.807, 2.05) is 30.9 Å². The van der Waals surface area contributed by atoms with E-state index in [4.69, 9.17) is 5.73 Å². The van der Waals surface area contributed by atoms with E-state index in [2.05, 4.69) is 19.1 Å². The molecule has 1 aliphatic heterocycles. The summed E-state index contributed by atoms with van der Waals surface area (Å²) in [5.41, 5.74) is 8.16. The van der Waals surface area contributed by atoms with E-state index in [0.717, 1.165) is 31.4 Å². The Kier molecular flexibility index (Phi) is 4.81. The molecule has 0 saturated heterocycles. The molecule has 0 aliphatic carbocycles. The average molecular weight is 274 g/mol. The normalized spacial score (nSPS) is 20.6. The van der Waals surface area contributed by atoms with E-state index >= 15 is 0 Å². The van der Waals surface area contributed by atoms with E-state index in [0.29, 0.717) is 0 Å². The first-order chi connectivity index (χ1) is 9.50. The number of anilines is 1. The molecule has 3 nitrogen and oxygen atoms in total. The van der Waals surface area contributed by atoms with Gasteiger partial charge in [0.25, 0.3) is 0 Å². The van der Waals surface area contributed by atoms with Crippen molar-refractivity contribution in [2.24, 2.45) is 11.7 Å². The number of fused-ring (bicyclic) bond motifs is 1. The highest BCUT2D eigenvalue weighted by molar-refractivity contribution is 5.97. The predicted octanol–water partition coefficient (Wildman–Crippen LogP) is 3.12. The van der Waals surface area contributed by atoms with Crippen LogP contribution in [0.1, 0.15) is 45.6 Å². The van der Waals surface area contributed by atoms with Crippen LogP contribution in [0.2, 0.25) is 0 Å². The second kappa shape index (κ2) is 6.40. The van der Waals surface area contributed by atoms with Crippen LogP contribution in [-0.2, 0) is 11.2 Å². The number of amides is 1. The summed E-state index contributed by atoms with van der Waals surface area (Å²) in [6, 6.07) is 8.74. The summed E-state index contributed by atoms with van der Waals surface area (Å²) in [5, 5.41) is 0. The summed E-state index contributed by atoms with van der Waals surface area (Å²) in [6.45, 7) is 6.19. The largest absolute Gasteiger partial charge is 0.328 e. The Bertz CT molecular complexity index is 470. The van der Waals surface area contributed by atoms with E-state index in [1.54, 1.807) is 0 Å². The fraction of sp³-hybridized carbons (Fsp3) is 0.588. The first kappa shape index (κ1) is 15.0. The number of nitrogens with two attached hydrogens (primary N) is 1. The van der Waals surface area contributed by atoms with Gasteiger partial charge in [-0.1, -0.05) is 31.5 Å². The fourth-order valence-corrected chi connectivity index (χ4v) is 3.01. The number of hydrogen-bond donors (Lipinski definition) is 1. The number of hydrogen-bond acceptors (Lipinski definition) is 2. The van der Waals surface area contributed by atoms with Crippen LogP contribution in [0, 0.1) is 5.92 Å². The monoisotopic (exact) mass is 274 g/mol. The Morgan fingerprint density at radius 3 is 2.75 bits per heavy atom. The molecule has 1 aromatic rings. The van der Waals surface area contributed by atoms with Crippen LogP contribution in [-0.4, -0.2) is 18.0 Å². The number of benzene rings is 1. The third-order valence-corrected chi connectivity index (χ3v) is 4.16. The quantitative estimate of drug-likeness (QED) is 0.896. The lowest BCUT2D eigenvalue weighted by atomic mass is 10.0. The summed E-state index contributed by atoms with van der Waals surface area (Å²) < 4.78 is 0. The van der Waals surface area contributed by atoms with E-state index < -0.39 is 0 Å². The lowest BCUT2D eigenvalue weighted by Gasteiger charge is -2.26. The van der Waals surface area contributed by atoms with E-state index in [-0.39, 0.29) is 23.9 Å². The van der Waals surface area contributed by atoms with Gasteiger partial charge in [0.15, 0.2) is 0 Å². The molecule has 0 aromatic heterocycles. The lowest BCUT2D eigenvalue weighted by molar-refractivity contribution is -0.122. The van der Waals surface area contributed by atoms with Gasteiger partial charge in [-0.25, -0.2) is 0 Å². The Labute approximate surface area is 122 Å². The van der Waals surface area contributed by atoms with Crippen LogP contribution in [0.5, 0.6) is 0 Å². The van der Waals surface area contributed by atoms with Crippen LogP contribution in [0.3, 0.4) is 0 Å². The molecule has 0 fully saturated rings. The van der Waals surface area contributed by atoms with Gasteiger partial charge in [0, 0.05) is 23.7 Å². The summed E-state index contributed by atoms with van der Waals surface area (Å²) in [4.78, 5) is 14.7. The Hall–Kier alpha value is -1.35. The zero-order valence-corrected chi connectivity index (χ0v) is 12.8. The van der Waals surface area contributed by atoms with Gasteiger partial charge in [-0.15, -0.1) is 0 Å². The van der Waals surface area contributed by atoms with Gasteiger partial charge in [0.1, 0.15) is 0 Å². The molecule has 2 rings (SSSR count). The van der Waals surface area contributed by atoms with Crippen molar-refractivity contribution in [3.8, 4) is 0 Å². The van der Waals surface area contributed by atoms with Gasteiger partial charge in [0.05, 0.1) is 0 Å². The Morgan fingerprint density at radius 2 is 2.05 bits per heavy atom. The highest BCUT2D eigenvalue weighted by atomic mass is 16.2. The summed E-state index contributed by atoms with van der Waals surface area (Å²) in [7, 11) is 0. The van der Waals surface area contributed by atoms with Crippen LogP contribution in [0.15, 0.2) is 24.3 Å². The van der Waals surface area contributed by atoms with Gasteiger partial charge in [-0.3, -0.25) is 4.79 Å². The summed E-state index contributed by atoms with van der Waals surface area (Å²) in [6.07, 6.45) is 3.90. The Balaban J connectivity index is 2.02. The van der Waals surface area contributed by atoms with Crippen molar-refractivity contribution in [3.63, 3.8) is 0 Å². The first-order valence-electron chi connectivity index (χ1n) is 7.67. The topological polar surface area (TPSA) is 46.3 Å². The highest BCUT2D eigenvalue weighted by Gasteiger charge is 2.32. The average Bonchev–Trinajstić information content (AvgIpc) is 2.73. The van der Waals surface area contributed by atoms with Crippen molar-refractivity contribution in [3.05, 3.63) is 29.8 Å². The molecular formula is C17H26N2O. The summed E-state index contributed by atoms with van der Waals surface area (Å²) in [5.74, 6) is 0.328. The third kappa shape index (κ3) is 3.21. The van der Waals surface area contributed by atoms with Crippen molar-refractivity contribution < 1.29 is 4.79 Å². The van der Waals surface area contributed by atoms with Crippen LogP contribution in [0.4, 0.5) is 5.69 Å². The minimum atomic E-state index is 0.0716. The van der Waals surface area contributed by atoms with Gasteiger partial charge in [0.2, 0.25) is 5.91 Å². The van der Waals surface area contributed by atoms with Gasteiger partial charge in [-0.2, -0.15) is 0 Å². The molecule has 2 N–H and O–H groups in total. The second-order valence-electron chi connectivity index (χ2n) is 6.20. The first-order valence-corrected chi connectivity index (χ1v) is 7.67. The molecule has 1 aromatic carbocycles. The molecular weight excluding hydrogens is 248 g/mol. The maximum absolute atomic E-state index is 12.7. The second-order valence-corrected chi connectivity index (χ2v) is 6.20. The van der Waals surface area contributed by atoms with Gasteiger partial charge >= 0.3 is 0 Å². The minimum absolute atomic E-state index is 0.0716. The highest BCUT2D eigenvalue weighted by Crippen LogP contribution is 2.33. The predicted molar refractivity (Wildman–Crippen MR) is 83.8 cm³/mol. The molecule has 3 atom stereocenters. The lowest BCUT2D eigenvalue weighted by Crippen LogP contribution is -2.39. The van der Waals surface area contributed by atoms with E-state index in [9.17, 15) is 4.79 Å². The molecule has 0 spiro atoms. The van der Waals surface area contributed by atoms with Crippen LogP contribution in [0.25, 0.3) is 0 Å². The van der Waals surface area contributed by atoms with Crippen LogP contribution < -0.4 is 10.6 Å². The molecule has 3 unspecified atom stereocenters.